The molecule has 0 aromatic heterocycles. The van der Waals surface area contributed by atoms with Gasteiger partial charge in [0.1, 0.15) is 28.9 Å². The number of benzene rings is 3. The third kappa shape index (κ3) is 4.44. The molecule has 0 saturated carbocycles. The molecule has 2 N–H and O–H groups in total. The number of carbonyl (C=O) groups excluding carboxylic acids is 1. The number of hydrogen-bond donors (Lipinski definition) is 1. The Bertz CT molecular complexity index is 1350. The standard InChI is InChI=1S/C27H24N2O7/c1-31-17-7-5-15(6-8-17)24-19-10-9-18(13-21(19)36-26(29)20(24)14-28)35-27(30)16-11-22(32-2)25(34-4)23(12-16)33-3/h5-13,24H,29H2,1-4H3. The molecule has 1 aliphatic heterocycles. The van der Waals surface area contributed by atoms with E-state index in [1.807, 2.05) is 24.3 Å². The molecule has 0 spiro atoms. The van der Waals surface area contributed by atoms with Gasteiger partial charge in [0.25, 0.3) is 0 Å². The smallest absolute Gasteiger partial charge is 0.343 e. The first-order valence-electron chi connectivity index (χ1n) is 10.8. The molecule has 1 heterocycles. The monoisotopic (exact) mass is 488 g/mol. The normalized spacial score (nSPS) is 14.1. The minimum atomic E-state index is -0.641. The zero-order valence-electron chi connectivity index (χ0n) is 20.2. The van der Waals surface area contributed by atoms with E-state index < -0.39 is 11.9 Å². The van der Waals surface area contributed by atoms with Crippen molar-refractivity contribution in [2.75, 3.05) is 28.4 Å². The van der Waals surface area contributed by atoms with E-state index in [0.29, 0.717) is 34.3 Å². The van der Waals surface area contributed by atoms with Gasteiger partial charge in [0, 0.05) is 11.6 Å². The molecule has 3 aromatic rings. The van der Waals surface area contributed by atoms with Crippen molar-refractivity contribution >= 4 is 5.97 Å². The summed E-state index contributed by atoms with van der Waals surface area (Å²) in [4.78, 5) is 12.9. The summed E-state index contributed by atoms with van der Waals surface area (Å²) in [5, 5.41) is 9.75. The van der Waals surface area contributed by atoms with Gasteiger partial charge in [-0.1, -0.05) is 18.2 Å². The summed E-state index contributed by atoms with van der Waals surface area (Å²) < 4.78 is 32.5. The third-order valence-electron chi connectivity index (χ3n) is 5.75. The zero-order valence-corrected chi connectivity index (χ0v) is 20.2. The Morgan fingerprint density at radius 2 is 1.53 bits per heavy atom. The molecule has 184 valence electrons. The number of nitrogens with two attached hydrogens (primary N) is 1. The Kier molecular flexibility index (Phi) is 6.88. The highest BCUT2D eigenvalue weighted by atomic mass is 16.5. The highest BCUT2D eigenvalue weighted by Crippen LogP contribution is 2.44. The van der Waals surface area contributed by atoms with Crippen molar-refractivity contribution in [2.45, 2.75) is 5.92 Å². The maximum Gasteiger partial charge on any atom is 0.343 e. The Morgan fingerprint density at radius 1 is 0.889 bits per heavy atom. The third-order valence-corrected chi connectivity index (χ3v) is 5.75. The van der Waals surface area contributed by atoms with Gasteiger partial charge in [-0.15, -0.1) is 0 Å². The van der Waals surface area contributed by atoms with E-state index in [0.717, 1.165) is 5.56 Å². The molecule has 0 aliphatic carbocycles. The minimum Gasteiger partial charge on any atom is -0.497 e. The predicted octanol–water partition coefficient (Wildman–Crippen LogP) is 4.16. The average molecular weight is 488 g/mol. The van der Waals surface area contributed by atoms with E-state index in [-0.39, 0.29) is 22.8 Å². The van der Waals surface area contributed by atoms with Crippen LogP contribution in [-0.2, 0) is 0 Å². The molecule has 0 saturated heterocycles. The lowest BCUT2D eigenvalue weighted by Crippen LogP contribution is -2.21. The Balaban J connectivity index is 1.67. The second-order valence-electron chi connectivity index (χ2n) is 7.70. The maximum absolute atomic E-state index is 12.9. The van der Waals surface area contributed by atoms with Crippen LogP contribution in [0.5, 0.6) is 34.5 Å². The number of methoxy groups -OCH3 is 4. The van der Waals surface area contributed by atoms with Gasteiger partial charge in [-0.3, -0.25) is 0 Å². The van der Waals surface area contributed by atoms with Crippen LogP contribution in [0.25, 0.3) is 0 Å². The van der Waals surface area contributed by atoms with Crippen LogP contribution >= 0.6 is 0 Å². The fourth-order valence-corrected chi connectivity index (χ4v) is 4.00. The molecule has 0 radical (unpaired) electrons. The SMILES string of the molecule is COc1ccc(C2C(C#N)=C(N)Oc3cc(OC(=O)c4cc(OC)c(OC)c(OC)c4)ccc32)cc1. The van der Waals surface area contributed by atoms with Gasteiger partial charge < -0.3 is 34.2 Å². The molecule has 1 atom stereocenters. The summed E-state index contributed by atoms with van der Waals surface area (Å²) in [5.74, 6) is 1.19. The van der Waals surface area contributed by atoms with Crippen molar-refractivity contribution in [3.63, 3.8) is 0 Å². The lowest BCUT2D eigenvalue weighted by molar-refractivity contribution is 0.0733. The van der Waals surface area contributed by atoms with Crippen molar-refractivity contribution in [1.29, 1.82) is 5.26 Å². The van der Waals surface area contributed by atoms with Gasteiger partial charge in [-0.25, -0.2) is 4.79 Å². The molecule has 1 aliphatic rings. The topological polar surface area (TPSA) is 122 Å². The molecule has 1 unspecified atom stereocenters. The first-order valence-corrected chi connectivity index (χ1v) is 10.8. The zero-order chi connectivity index (χ0) is 25.8. The van der Waals surface area contributed by atoms with Crippen molar-refractivity contribution in [1.82, 2.24) is 0 Å². The van der Waals surface area contributed by atoms with Crippen LogP contribution in [0.4, 0.5) is 0 Å². The lowest BCUT2D eigenvalue weighted by Gasteiger charge is -2.26. The van der Waals surface area contributed by atoms with Crippen LogP contribution in [0.2, 0.25) is 0 Å². The molecule has 4 rings (SSSR count). The summed E-state index contributed by atoms with van der Waals surface area (Å²) in [6.45, 7) is 0. The van der Waals surface area contributed by atoms with E-state index in [2.05, 4.69) is 6.07 Å². The number of nitriles is 1. The van der Waals surface area contributed by atoms with Crippen LogP contribution in [0.3, 0.4) is 0 Å². The van der Waals surface area contributed by atoms with Gasteiger partial charge in [-0.05, 0) is 35.9 Å². The van der Waals surface area contributed by atoms with Crippen LogP contribution in [0.15, 0.2) is 66.1 Å². The predicted molar refractivity (Wildman–Crippen MR) is 130 cm³/mol. The molecule has 0 amide bonds. The summed E-state index contributed by atoms with van der Waals surface area (Å²) in [6, 6.07) is 17.4. The average Bonchev–Trinajstić information content (AvgIpc) is 2.91. The van der Waals surface area contributed by atoms with E-state index in [9.17, 15) is 10.1 Å². The maximum atomic E-state index is 12.9. The number of allylic oxidation sites excluding steroid dienone is 1. The second kappa shape index (κ2) is 10.2. The Labute approximate surface area is 208 Å². The van der Waals surface area contributed by atoms with Gasteiger partial charge in [0.2, 0.25) is 11.6 Å². The van der Waals surface area contributed by atoms with Gasteiger partial charge in [0.05, 0.1) is 39.9 Å². The van der Waals surface area contributed by atoms with Crippen LogP contribution in [0.1, 0.15) is 27.4 Å². The van der Waals surface area contributed by atoms with Crippen LogP contribution in [0, 0.1) is 11.3 Å². The fourth-order valence-electron chi connectivity index (χ4n) is 4.00. The number of rotatable bonds is 7. The van der Waals surface area contributed by atoms with Crippen molar-refractivity contribution in [3.05, 3.63) is 82.7 Å². The molecule has 0 fully saturated rings. The molecular weight excluding hydrogens is 464 g/mol. The van der Waals surface area contributed by atoms with Gasteiger partial charge >= 0.3 is 5.97 Å². The molecular formula is C27H24N2O7. The highest BCUT2D eigenvalue weighted by Gasteiger charge is 2.31. The van der Waals surface area contributed by atoms with Crippen LogP contribution < -0.4 is 34.2 Å². The second-order valence-corrected chi connectivity index (χ2v) is 7.70. The van der Waals surface area contributed by atoms with Gasteiger partial charge in [0.15, 0.2) is 11.5 Å². The number of carbonyl (C=O) groups is 1. The summed E-state index contributed by atoms with van der Waals surface area (Å²) in [5.41, 5.74) is 8.11. The van der Waals surface area contributed by atoms with E-state index >= 15 is 0 Å². The molecule has 36 heavy (non-hydrogen) atoms. The number of esters is 1. The quantitative estimate of drug-likeness (QED) is 0.386. The lowest BCUT2D eigenvalue weighted by atomic mass is 9.83. The number of nitrogens with zero attached hydrogens (tertiary/aromatic N) is 1. The molecule has 0 bridgehead atoms. The van der Waals surface area contributed by atoms with E-state index in [1.54, 1.807) is 25.3 Å². The Morgan fingerprint density at radius 3 is 2.08 bits per heavy atom. The summed E-state index contributed by atoms with van der Waals surface area (Å²) in [6.07, 6.45) is 0. The fraction of sp³-hybridized carbons (Fsp3) is 0.185. The van der Waals surface area contributed by atoms with Crippen molar-refractivity contribution < 1.29 is 33.2 Å². The van der Waals surface area contributed by atoms with E-state index in [1.165, 1.54) is 33.5 Å². The number of ether oxygens (including phenoxy) is 6. The first-order chi connectivity index (χ1) is 17.4. The first kappa shape index (κ1) is 24.3. The summed E-state index contributed by atoms with van der Waals surface area (Å²) in [7, 11) is 5.97. The number of fused-ring (bicyclic) bond motifs is 1. The van der Waals surface area contributed by atoms with Crippen molar-refractivity contribution in [3.8, 4) is 40.6 Å². The minimum absolute atomic E-state index is 0.0149. The van der Waals surface area contributed by atoms with Crippen molar-refractivity contribution in [2.24, 2.45) is 5.73 Å². The molecule has 9 nitrogen and oxygen atoms in total. The summed E-state index contributed by atoms with van der Waals surface area (Å²) >= 11 is 0. The highest BCUT2D eigenvalue weighted by molar-refractivity contribution is 5.92. The van der Waals surface area contributed by atoms with E-state index in [4.69, 9.17) is 34.2 Å². The largest absolute Gasteiger partial charge is 0.497 e. The van der Waals surface area contributed by atoms with Crippen LogP contribution in [-0.4, -0.2) is 34.4 Å². The molecule has 3 aromatic carbocycles. The Hall–Kier alpha value is -4.84. The molecule has 9 heteroatoms. The van der Waals surface area contributed by atoms with Gasteiger partial charge in [-0.2, -0.15) is 5.26 Å². The number of hydrogen-bond acceptors (Lipinski definition) is 9.